The Morgan fingerprint density at radius 3 is 2.64 bits per heavy atom. The second-order valence-corrected chi connectivity index (χ2v) is 5.18. The number of benzene rings is 1. The molecular formula is C18H18N4O3. The van der Waals surface area contributed by atoms with Gasteiger partial charge in [-0.3, -0.25) is 4.57 Å². The highest BCUT2D eigenvalue weighted by Crippen LogP contribution is 2.32. The van der Waals surface area contributed by atoms with Crippen LogP contribution in [0.25, 0.3) is 0 Å². The number of ether oxygens (including phenoxy) is 2. The van der Waals surface area contributed by atoms with Crippen LogP contribution in [0, 0.1) is 6.92 Å². The Bertz CT molecular complexity index is 889. The predicted octanol–water partition coefficient (Wildman–Crippen LogP) is 3.46. The summed E-state index contributed by atoms with van der Waals surface area (Å²) in [6.45, 7) is 4.28. The highest BCUT2D eigenvalue weighted by atomic mass is 16.5. The van der Waals surface area contributed by atoms with Gasteiger partial charge in [0.15, 0.2) is 17.3 Å². The molecule has 0 aliphatic carbocycles. The van der Waals surface area contributed by atoms with Gasteiger partial charge < -0.3 is 14.7 Å². The van der Waals surface area contributed by atoms with Crippen molar-refractivity contribution in [2.75, 3.05) is 6.61 Å². The molecule has 0 saturated heterocycles. The molecular weight excluding hydrogens is 320 g/mol. The number of pyridine rings is 1. The fourth-order valence-electron chi connectivity index (χ4n) is 2.34. The third kappa shape index (κ3) is 3.60. The van der Waals surface area contributed by atoms with E-state index in [1.54, 1.807) is 41.5 Å². The Balaban J connectivity index is 1.99. The molecule has 7 nitrogen and oxygen atoms in total. The van der Waals surface area contributed by atoms with Crippen molar-refractivity contribution in [3.05, 3.63) is 66.4 Å². The van der Waals surface area contributed by atoms with E-state index >= 15 is 0 Å². The normalized spacial score (nSPS) is 11.4. The summed E-state index contributed by atoms with van der Waals surface area (Å²) < 4.78 is 13.1. The van der Waals surface area contributed by atoms with Gasteiger partial charge in [-0.1, -0.05) is 17.3 Å². The van der Waals surface area contributed by atoms with Crippen LogP contribution in [0.3, 0.4) is 0 Å². The molecule has 3 aromatic rings. The first-order valence-corrected chi connectivity index (χ1v) is 7.81. The third-order valence-electron chi connectivity index (χ3n) is 3.42. The molecule has 1 aromatic carbocycles. The first-order valence-electron chi connectivity index (χ1n) is 7.81. The number of para-hydroxylation sites is 2. The topological polar surface area (TPSA) is 81.8 Å². The zero-order valence-corrected chi connectivity index (χ0v) is 14.0. The summed E-state index contributed by atoms with van der Waals surface area (Å²) in [5.74, 6) is 1.71. The summed E-state index contributed by atoms with van der Waals surface area (Å²) in [5.41, 5.74) is 1.32. The first-order chi connectivity index (χ1) is 12.2. The first kappa shape index (κ1) is 16.5. The number of imidazole rings is 1. The van der Waals surface area contributed by atoms with Gasteiger partial charge in [-0.05, 0) is 38.1 Å². The number of nitrogens with zero attached hydrogens (tertiary/aromatic N) is 4. The maximum Gasteiger partial charge on any atom is 0.230 e. The molecule has 0 amide bonds. The van der Waals surface area contributed by atoms with Gasteiger partial charge in [0.2, 0.25) is 5.88 Å². The van der Waals surface area contributed by atoms with Gasteiger partial charge in [0.05, 0.1) is 17.9 Å². The van der Waals surface area contributed by atoms with Crippen molar-refractivity contribution in [1.82, 2.24) is 14.5 Å². The van der Waals surface area contributed by atoms with Gasteiger partial charge in [0.1, 0.15) is 6.33 Å². The summed E-state index contributed by atoms with van der Waals surface area (Å²) in [7, 11) is 0. The molecule has 2 aromatic heterocycles. The molecule has 1 N–H and O–H groups in total. The van der Waals surface area contributed by atoms with Crippen molar-refractivity contribution in [2.24, 2.45) is 5.16 Å². The van der Waals surface area contributed by atoms with Crippen LogP contribution in [-0.4, -0.2) is 32.2 Å². The second-order valence-electron chi connectivity index (χ2n) is 5.18. The van der Waals surface area contributed by atoms with Crippen LogP contribution in [0.2, 0.25) is 0 Å². The van der Waals surface area contributed by atoms with E-state index in [0.29, 0.717) is 29.5 Å². The Morgan fingerprint density at radius 2 is 1.96 bits per heavy atom. The molecule has 128 valence electrons. The smallest absolute Gasteiger partial charge is 0.230 e. The van der Waals surface area contributed by atoms with Crippen molar-refractivity contribution >= 4 is 5.84 Å². The van der Waals surface area contributed by atoms with E-state index in [-0.39, 0.29) is 5.84 Å². The average molecular weight is 338 g/mol. The van der Waals surface area contributed by atoms with Crippen molar-refractivity contribution in [2.45, 2.75) is 13.8 Å². The van der Waals surface area contributed by atoms with Gasteiger partial charge in [-0.25, -0.2) is 9.97 Å². The number of oxime groups is 1. The van der Waals surface area contributed by atoms with Crippen molar-refractivity contribution in [3.8, 4) is 17.4 Å². The SMILES string of the molecule is CCOc1ccccc1Oc1ncccc1/C(=N/O)n1cnc(C)c1. The van der Waals surface area contributed by atoms with Gasteiger partial charge >= 0.3 is 0 Å². The molecule has 0 atom stereocenters. The summed E-state index contributed by atoms with van der Waals surface area (Å²) in [6.07, 6.45) is 4.92. The van der Waals surface area contributed by atoms with Gasteiger partial charge in [0, 0.05) is 12.4 Å². The predicted molar refractivity (Wildman–Crippen MR) is 92.6 cm³/mol. The minimum Gasteiger partial charge on any atom is -0.490 e. The molecule has 0 bridgehead atoms. The van der Waals surface area contributed by atoms with Crippen molar-refractivity contribution < 1.29 is 14.7 Å². The minimum atomic E-state index is 0.262. The van der Waals surface area contributed by atoms with Crippen LogP contribution in [-0.2, 0) is 0 Å². The van der Waals surface area contributed by atoms with Crippen LogP contribution in [0.1, 0.15) is 18.2 Å². The molecule has 25 heavy (non-hydrogen) atoms. The van der Waals surface area contributed by atoms with Crippen LogP contribution in [0.5, 0.6) is 17.4 Å². The summed E-state index contributed by atoms with van der Waals surface area (Å²) in [6, 6.07) is 10.8. The highest BCUT2D eigenvalue weighted by molar-refractivity contribution is 6.01. The van der Waals surface area contributed by atoms with Crippen molar-refractivity contribution in [3.63, 3.8) is 0 Å². The van der Waals surface area contributed by atoms with E-state index in [1.807, 2.05) is 32.0 Å². The maximum absolute atomic E-state index is 9.50. The Hall–Kier alpha value is -3.35. The van der Waals surface area contributed by atoms with Gasteiger partial charge in [0.25, 0.3) is 0 Å². The van der Waals surface area contributed by atoms with Crippen LogP contribution < -0.4 is 9.47 Å². The van der Waals surface area contributed by atoms with Crippen molar-refractivity contribution in [1.29, 1.82) is 0 Å². The Kier molecular flexibility index (Phi) is 4.94. The Morgan fingerprint density at radius 1 is 1.16 bits per heavy atom. The number of rotatable bonds is 5. The fourth-order valence-corrected chi connectivity index (χ4v) is 2.34. The van der Waals surface area contributed by atoms with Gasteiger partial charge in [-0.2, -0.15) is 0 Å². The second kappa shape index (κ2) is 7.48. The molecule has 0 spiro atoms. The van der Waals surface area contributed by atoms with E-state index in [9.17, 15) is 5.21 Å². The molecule has 7 heteroatoms. The summed E-state index contributed by atoms with van der Waals surface area (Å²) in [5, 5.41) is 12.9. The number of aromatic nitrogens is 3. The van der Waals surface area contributed by atoms with E-state index in [2.05, 4.69) is 15.1 Å². The van der Waals surface area contributed by atoms with Gasteiger partial charge in [-0.15, -0.1) is 0 Å². The standard InChI is InChI=1S/C18H18N4O3/c1-3-24-15-8-4-5-9-16(15)25-18-14(7-6-10-19-18)17(21-23)22-11-13(2)20-12-22/h4-12,23H,3H2,1-2H3/b21-17-. The molecule has 2 heterocycles. The van der Waals surface area contributed by atoms with E-state index in [4.69, 9.17) is 9.47 Å². The minimum absolute atomic E-state index is 0.262. The molecule has 0 aliphatic rings. The van der Waals surface area contributed by atoms with E-state index in [0.717, 1.165) is 5.69 Å². The molecule has 0 saturated carbocycles. The lowest BCUT2D eigenvalue weighted by Crippen LogP contribution is -2.13. The summed E-state index contributed by atoms with van der Waals surface area (Å²) >= 11 is 0. The lowest BCUT2D eigenvalue weighted by Gasteiger charge is -2.13. The fraction of sp³-hybridized carbons (Fsp3) is 0.167. The molecule has 0 aliphatic heterocycles. The zero-order valence-electron chi connectivity index (χ0n) is 14.0. The highest BCUT2D eigenvalue weighted by Gasteiger charge is 2.17. The Labute approximate surface area is 145 Å². The number of hydrogen-bond donors (Lipinski definition) is 1. The van der Waals surface area contributed by atoms with Crippen LogP contribution in [0.4, 0.5) is 0 Å². The molecule has 0 radical (unpaired) electrons. The molecule has 3 rings (SSSR count). The average Bonchev–Trinajstić information content (AvgIpc) is 3.05. The zero-order chi connectivity index (χ0) is 17.6. The van der Waals surface area contributed by atoms with E-state index < -0.39 is 0 Å². The quantitative estimate of drug-likeness (QED) is 0.333. The van der Waals surface area contributed by atoms with Crippen LogP contribution in [0.15, 0.2) is 60.3 Å². The number of hydrogen-bond acceptors (Lipinski definition) is 6. The van der Waals surface area contributed by atoms with E-state index in [1.165, 1.54) is 0 Å². The maximum atomic E-state index is 9.50. The summed E-state index contributed by atoms with van der Waals surface area (Å²) in [4.78, 5) is 8.43. The lowest BCUT2D eigenvalue weighted by molar-refractivity contribution is 0.315. The molecule has 0 fully saturated rings. The molecule has 0 unspecified atom stereocenters. The monoisotopic (exact) mass is 338 g/mol. The lowest BCUT2D eigenvalue weighted by atomic mass is 10.2. The third-order valence-corrected chi connectivity index (χ3v) is 3.42. The number of aryl methyl sites for hydroxylation is 1. The largest absolute Gasteiger partial charge is 0.490 e. The van der Waals surface area contributed by atoms with Crippen LogP contribution >= 0.6 is 0 Å².